The van der Waals surface area contributed by atoms with E-state index < -0.39 is 5.97 Å². The lowest BCUT2D eigenvalue weighted by molar-refractivity contribution is 0.0527. The average molecular weight is 462 g/mol. The Bertz CT molecular complexity index is 1240. The molecule has 176 valence electrons. The minimum Gasteiger partial charge on any atom is -0.496 e. The summed E-state index contributed by atoms with van der Waals surface area (Å²) in [5.41, 5.74) is 2.25. The predicted octanol–water partition coefficient (Wildman–Crippen LogP) is 3.41. The number of benzene rings is 1. The highest BCUT2D eigenvalue weighted by Gasteiger charge is 2.27. The fourth-order valence-electron chi connectivity index (χ4n) is 4.35. The molecule has 4 rings (SSSR count). The third kappa shape index (κ3) is 4.27. The van der Waals surface area contributed by atoms with E-state index in [1.807, 2.05) is 6.07 Å². The number of nitrogens with zero attached hydrogens (tertiary/aromatic N) is 5. The van der Waals surface area contributed by atoms with Gasteiger partial charge in [0.25, 0.3) is 0 Å². The zero-order valence-corrected chi connectivity index (χ0v) is 19.6. The van der Waals surface area contributed by atoms with Crippen molar-refractivity contribution in [3.05, 3.63) is 47.8 Å². The highest BCUT2D eigenvalue weighted by atomic mass is 16.5. The number of carbonyl (C=O) groups excluding carboxylic acids is 1. The third-order valence-corrected chi connectivity index (χ3v) is 5.87. The number of nitriles is 1. The van der Waals surface area contributed by atoms with Gasteiger partial charge in [0.05, 0.1) is 37.5 Å². The minimum absolute atomic E-state index is 0.260. The van der Waals surface area contributed by atoms with Crippen LogP contribution in [0, 0.1) is 11.3 Å². The van der Waals surface area contributed by atoms with Crippen molar-refractivity contribution in [2.75, 3.05) is 56.8 Å². The largest absolute Gasteiger partial charge is 0.496 e. The quantitative estimate of drug-likeness (QED) is 0.511. The van der Waals surface area contributed by atoms with Crippen LogP contribution in [0.4, 0.5) is 11.5 Å². The van der Waals surface area contributed by atoms with Crippen molar-refractivity contribution in [1.29, 1.82) is 5.26 Å². The van der Waals surface area contributed by atoms with E-state index in [1.165, 1.54) is 0 Å². The molecular weight excluding hydrogens is 434 g/mol. The summed E-state index contributed by atoms with van der Waals surface area (Å²) in [7, 11) is 3.18. The number of pyridine rings is 2. The van der Waals surface area contributed by atoms with Gasteiger partial charge < -0.3 is 24.0 Å². The van der Waals surface area contributed by atoms with Gasteiger partial charge in [-0.1, -0.05) is 0 Å². The van der Waals surface area contributed by atoms with E-state index in [4.69, 9.17) is 14.2 Å². The van der Waals surface area contributed by atoms with Crippen LogP contribution in [0.3, 0.4) is 0 Å². The van der Waals surface area contributed by atoms with E-state index in [-0.39, 0.29) is 6.61 Å². The first kappa shape index (κ1) is 23.1. The van der Waals surface area contributed by atoms with Gasteiger partial charge in [0.15, 0.2) is 0 Å². The number of hydrogen-bond acceptors (Lipinski definition) is 9. The highest BCUT2D eigenvalue weighted by Crippen LogP contribution is 2.41. The molecule has 0 amide bonds. The second kappa shape index (κ2) is 10.3. The number of esters is 1. The Hall–Kier alpha value is -4.06. The lowest BCUT2D eigenvalue weighted by Gasteiger charge is -2.28. The first-order valence-electron chi connectivity index (χ1n) is 11.2. The summed E-state index contributed by atoms with van der Waals surface area (Å²) in [5, 5.41) is 10.2. The molecule has 34 heavy (non-hydrogen) atoms. The molecule has 0 spiro atoms. The first-order chi connectivity index (χ1) is 16.6. The molecule has 9 heteroatoms. The summed E-state index contributed by atoms with van der Waals surface area (Å²) in [6.45, 7) is 4.70. The molecule has 1 aliphatic rings. The van der Waals surface area contributed by atoms with Crippen LogP contribution in [0.25, 0.3) is 10.9 Å². The molecule has 0 aliphatic carbocycles. The Morgan fingerprint density at radius 2 is 1.79 bits per heavy atom. The van der Waals surface area contributed by atoms with Crippen molar-refractivity contribution in [2.24, 2.45) is 0 Å². The van der Waals surface area contributed by atoms with Gasteiger partial charge in [-0.05, 0) is 37.6 Å². The van der Waals surface area contributed by atoms with E-state index in [1.54, 1.807) is 51.7 Å². The molecule has 1 aromatic carbocycles. The SMILES string of the molecule is CCOC(=O)c1cnc2c(OC)ccc(OC)c2c1N1CCCN(c2ncccc2C#N)CC1. The zero-order valence-electron chi connectivity index (χ0n) is 19.6. The lowest BCUT2D eigenvalue weighted by Crippen LogP contribution is -2.32. The number of methoxy groups -OCH3 is 2. The molecule has 3 heterocycles. The normalized spacial score (nSPS) is 13.8. The standard InChI is InChI=1S/C25H27N5O4/c1-4-34-25(31)18-16-28-22-20(33-3)9-8-19(32-2)21(22)23(18)29-11-6-12-30(14-13-29)24-17(15-26)7-5-10-27-24/h5,7-10,16H,4,6,11-14H2,1-3H3. The van der Waals surface area contributed by atoms with Crippen LogP contribution < -0.4 is 19.3 Å². The number of anilines is 2. The molecule has 0 N–H and O–H groups in total. The summed E-state index contributed by atoms with van der Waals surface area (Å²) in [4.78, 5) is 26.2. The van der Waals surface area contributed by atoms with E-state index in [0.717, 1.165) is 13.0 Å². The zero-order chi connectivity index (χ0) is 24.1. The molecule has 0 unspecified atom stereocenters. The Labute approximate surface area is 198 Å². The Balaban J connectivity index is 1.81. The third-order valence-electron chi connectivity index (χ3n) is 5.87. The molecule has 0 saturated carbocycles. The maximum atomic E-state index is 12.9. The maximum Gasteiger partial charge on any atom is 0.341 e. The maximum absolute atomic E-state index is 12.9. The van der Waals surface area contributed by atoms with Crippen molar-refractivity contribution < 1.29 is 19.0 Å². The van der Waals surface area contributed by atoms with E-state index in [0.29, 0.717) is 64.7 Å². The van der Waals surface area contributed by atoms with Crippen molar-refractivity contribution >= 4 is 28.4 Å². The van der Waals surface area contributed by atoms with Crippen molar-refractivity contribution in [2.45, 2.75) is 13.3 Å². The summed E-state index contributed by atoms with van der Waals surface area (Å²) in [6.07, 6.45) is 4.05. The van der Waals surface area contributed by atoms with E-state index in [9.17, 15) is 10.1 Å². The van der Waals surface area contributed by atoms with Gasteiger partial charge in [-0.15, -0.1) is 0 Å². The van der Waals surface area contributed by atoms with Crippen molar-refractivity contribution in [1.82, 2.24) is 9.97 Å². The van der Waals surface area contributed by atoms with Gasteiger partial charge in [-0.25, -0.2) is 9.78 Å². The minimum atomic E-state index is -0.436. The van der Waals surface area contributed by atoms with Gasteiger partial charge in [0, 0.05) is 38.6 Å². The predicted molar refractivity (Wildman–Crippen MR) is 129 cm³/mol. The topological polar surface area (TPSA) is 101 Å². The molecule has 9 nitrogen and oxygen atoms in total. The average Bonchev–Trinajstić information content (AvgIpc) is 3.13. The van der Waals surface area contributed by atoms with Crippen LogP contribution in [0.2, 0.25) is 0 Å². The molecule has 0 atom stereocenters. The van der Waals surface area contributed by atoms with Crippen LogP contribution in [0.1, 0.15) is 29.3 Å². The van der Waals surface area contributed by atoms with Gasteiger partial charge >= 0.3 is 5.97 Å². The van der Waals surface area contributed by atoms with Crippen LogP contribution in [-0.2, 0) is 4.74 Å². The number of aromatic nitrogens is 2. The molecule has 3 aromatic rings. The molecular formula is C25H27N5O4. The van der Waals surface area contributed by atoms with Gasteiger partial charge in [0.2, 0.25) is 0 Å². The van der Waals surface area contributed by atoms with E-state index in [2.05, 4.69) is 25.8 Å². The lowest BCUT2D eigenvalue weighted by atomic mass is 10.1. The summed E-state index contributed by atoms with van der Waals surface area (Å²) in [6, 6.07) is 9.39. The van der Waals surface area contributed by atoms with Gasteiger partial charge in [-0.3, -0.25) is 4.98 Å². The molecule has 1 saturated heterocycles. The van der Waals surface area contributed by atoms with E-state index >= 15 is 0 Å². The summed E-state index contributed by atoms with van der Waals surface area (Å²) in [5.74, 6) is 1.43. The first-order valence-corrected chi connectivity index (χ1v) is 11.2. The summed E-state index contributed by atoms with van der Waals surface area (Å²) >= 11 is 0. The number of fused-ring (bicyclic) bond motifs is 1. The number of carbonyl (C=O) groups is 1. The number of hydrogen-bond donors (Lipinski definition) is 0. The number of rotatable bonds is 6. The second-order valence-electron chi connectivity index (χ2n) is 7.75. The highest BCUT2D eigenvalue weighted by molar-refractivity contribution is 6.09. The van der Waals surface area contributed by atoms with Gasteiger partial charge in [-0.2, -0.15) is 5.26 Å². The molecule has 1 aliphatic heterocycles. The monoisotopic (exact) mass is 461 g/mol. The van der Waals surface area contributed by atoms with Gasteiger partial charge in [0.1, 0.15) is 34.5 Å². The Morgan fingerprint density at radius 1 is 1.06 bits per heavy atom. The Kier molecular flexibility index (Phi) is 6.97. The smallest absolute Gasteiger partial charge is 0.341 e. The van der Waals surface area contributed by atoms with Crippen LogP contribution in [0.15, 0.2) is 36.7 Å². The second-order valence-corrected chi connectivity index (χ2v) is 7.75. The molecule has 2 aromatic heterocycles. The van der Waals surface area contributed by atoms with Crippen LogP contribution >= 0.6 is 0 Å². The van der Waals surface area contributed by atoms with Crippen molar-refractivity contribution in [3.63, 3.8) is 0 Å². The fraction of sp³-hybridized carbons (Fsp3) is 0.360. The van der Waals surface area contributed by atoms with Crippen molar-refractivity contribution in [3.8, 4) is 17.6 Å². The summed E-state index contributed by atoms with van der Waals surface area (Å²) < 4.78 is 16.6. The molecule has 1 fully saturated rings. The van der Waals surface area contributed by atoms with Crippen LogP contribution in [0.5, 0.6) is 11.5 Å². The Morgan fingerprint density at radius 3 is 2.53 bits per heavy atom. The van der Waals surface area contributed by atoms with Crippen LogP contribution in [-0.4, -0.2) is 62.9 Å². The fourth-order valence-corrected chi connectivity index (χ4v) is 4.35. The molecule has 0 radical (unpaired) electrons. The number of ether oxygens (including phenoxy) is 3. The molecule has 0 bridgehead atoms.